The maximum Gasteiger partial charge on any atom is 0.0569 e. The van der Waals surface area contributed by atoms with E-state index in [1.807, 2.05) is 0 Å². The molecule has 0 aromatic carbocycles. The van der Waals surface area contributed by atoms with Crippen LogP contribution in [0.3, 0.4) is 0 Å². The van der Waals surface area contributed by atoms with Crippen LogP contribution in [0.4, 0.5) is 0 Å². The fourth-order valence-corrected chi connectivity index (χ4v) is 3.28. The molecule has 2 heterocycles. The lowest BCUT2D eigenvalue weighted by Crippen LogP contribution is -2.55. The van der Waals surface area contributed by atoms with Gasteiger partial charge in [0.05, 0.1) is 13.2 Å². The number of likely N-dealkylation sites (tertiary alicyclic amines) is 1. The van der Waals surface area contributed by atoms with Crippen LogP contribution in [0.2, 0.25) is 0 Å². The van der Waals surface area contributed by atoms with E-state index in [9.17, 15) is 0 Å². The highest BCUT2D eigenvalue weighted by atomic mass is 16.5. The summed E-state index contributed by atoms with van der Waals surface area (Å²) in [6, 6.07) is 0. The van der Waals surface area contributed by atoms with E-state index >= 15 is 0 Å². The molecule has 2 rings (SSSR count). The Hall–Kier alpha value is -0.160. The summed E-state index contributed by atoms with van der Waals surface area (Å²) in [4.78, 5) is 2.47. The lowest BCUT2D eigenvalue weighted by Gasteiger charge is -2.43. The van der Waals surface area contributed by atoms with Crippen LogP contribution < -0.4 is 11.1 Å². The first-order chi connectivity index (χ1) is 8.97. The van der Waals surface area contributed by atoms with Gasteiger partial charge in [-0.05, 0) is 37.8 Å². The minimum Gasteiger partial charge on any atom is -0.380 e. The molecule has 19 heavy (non-hydrogen) atoms. The molecule has 2 aliphatic rings. The molecule has 4 heteroatoms. The number of nitrogens with zero attached hydrogens (tertiary/aromatic N) is 1. The van der Waals surface area contributed by atoms with Crippen LogP contribution in [0.5, 0.6) is 0 Å². The summed E-state index contributed by atoms with van der Waals surface area (Å²) >= 11 is 0. The van der Waals surface area contributed by atoms with Crippen LogP contribution in [-0.4, -0.2) is 57.9 Å². The van der Waals surface area contributed by atoms with Crippen LogP contribution in [0, 0.1) is 16.7 Å². The Labute approximate surface area is 118 Å². The van der Waals surface area contributed by atoms with Crippen molar-refractivity contribution in [3.05, 3.63) is 0 Å². The molecule has 0 radical (unpaired) electrons. The Morgan fingerprint density at radius 1 is 1.42 bits per heavy atom. The smallest absolute Gasteiger partial charge is 0.0569 e. The van der Waals surface area contributed by atoms with E-state index in [-0.39, 0.29) is 5.41 Å². The molecule has 0 saturated carbocycles. The van der Waals surface area contributed by atoms with Crippen LogP contribution in [0.1, 0.15) is 26.7 Å². The zero-order chi connectivity index (χ0) is 13.9. The summed E-state index contributed by atoms with van der Waals surface area (Å²) in [6.07, 6.45) is 2.70. The van der Waals surface area contributed by atoms with E-state index in [0.717, 1.165) is 38.8 Å². The fourth-order valence-electron chi connectivity index (χ4n) is 3.28. The zero-order valence-electron chi connectivity index (χ0n) is 12.9. The molecule has 0 amide bonds. The number of nitrogens with one attached hydrogen (secondary N) is 1. The number of ether oxygens (including phenoxy) is 1. The SMILES string of the molecule is CN1CCCC(C(C)(C)CNCC2(CN)COC2)C1. The molecule has 2 fully saturated rings. The molecule has 2 saturated heterocycles. The predicted molar refractivity (Wildman–Crippen MR) is 79.2 cm³/mol. The van der Waals surface area contributed by atoms with Crippen molar-refractivity contribution in [1.82, 2.24) is 10.2 Å². The van der Waals surface area contributed by atoms with Gasteiger partial charge in [0.1, 0.15) is 0 Å². The van der Waals surface area contributed by atoms with Gasteiger partial charge in [0.15, 0.2) is 0 Å². The Morgan fingerprint density at radius 2 is 2.16 bits per heavy atom. The highest BCUT2D eigenvalue weighted by molar-refractivity contribution is 4.91. The molecule has 4 nitrogen and oxygen atoms in total. The van der Waals surface area contributed by atoms with E-state index in [1.165, 1.54) is 25.9 Å². The third-order valence-corrected chi connectivity index (χ3v) is 5.06. The molecule has 112 valence electrons. The summed E-state index contributed by atoms with van der Waals surface area (Å²) < 4.78 is 5.32. The predicted octanol–water partition coefficient (Wildman–Crippen LogP) is 0.919. The first kappa shape index (κ1) is 15.2. The van der Waals surface area contributed by atoms with Crippen molar-refractivity contribution >= 4 is 0 Å². The van der Waals surface area contributed by atoms with Gasteiger partial charge in [-0.2, -0.15) is 0 Å². The first-order valence-corrected chi connectivity index (χ1v) is 7.65. The van der Waals surface area contributed by atoms with Gasteiger partial charge in [0, 0.05) is 31.6 Å². The van der Waals surface area contributed by atoms with Gasteiger partial charge < -0.3 is 20.7 Å². The second-order valence-electron chi connectivity index (χ2n) is 7.39. The molecule has 2 aliphatic heterocycles. The molecule has 0 spiro atoms. The van der Waals surface area contributed by atoms with Crippen LogP contribution in [0.25, 0.3) is 0 Å². The molecule has 0 bridgehead atoms. The van der Waals surface area contributed by atoms with Crippen molar-refractivity contribution in [1.29, 1.82) is 0 Å². The fraction of sp³-hybridized carbons (Fsp3) is 1.00. The van der Waals surface area contributed by atoms with Crippen molar-refractivity contribution in [3.8, 4) is 0 Å². The van der Waals surface area contributed by atoms with Crippen molar-refractivity contribution in [2.75, 3.05) is 53.0 Å². The van der Waals surface area contributed by atoms with E-state index in [4.69, 9.17) is 10.5 Å². The van der Waals surface area contributed by atoms with Crippen molar-refractivity contribution in [2.45, 2.75) is 26.7 Å². The van der Waals surface area contributed by atoms with Crippen LogP contribution in [0.15, 0.2) is 0 Å². The second-order valence-corrected chi connectivity index (χ2v) is 7.39. The molecule has 0 aliphatic carbocycles. The number of rotatable bonds is 6. The topological polar surface area (TPSA) is 50.5 Å². The number of hydrogen-bond acceptors (Lipinski definition) is 4. The van der Waals surface area contributed by atoms with Crippen molar-refractivity contribution in [3.63, 3.8) is 0 Å². The van der Waals surface area contributed by atoms with Gasteiger partial charge in [-0.25, -0.2) is 0 Å². The summed E-state index contributed by atoms with van der Waals surface area (Å²) in [5.41, 5.74) is 6.42. The minimum absolute atomic E-state index is 0.208. The highest BCUT2D eigenvalue weighted by Crippen LogP contribution is 2.33. The second kappa shape index (κ2) is 6.08. The highest BCUT2D eigenvalue weighted by Gasteiger charge is 2.38. The third-order valence-electron chi connectivity index (χ3n) is 5.06. The van der Waals surface area contributed by atoms with Gasteiger partial charge in [-0.15, -0.1) is 0 Å². The van der Waals surface area contributed by atoms with Crippen LogP contribution in [-0.2, 0) is 4.74 Å². The van der Waals surface area contributed by atoms with Crippen molar-refractivity contribution < 1.29 is 4.74 Å². The van der Waals surface area contributed by atoms with Crippen LogP contribution >= 0.6 is 0 Å². The summed E-state index contributed by atoms with van der Waals surface area (Å²) in [5.74, 6) is 0.796. The molecular weight excluding hydrogens is 238 g/mol. The van der Waals surface area contributed by atoms with Gasteiger partial charge in [0.25, 0.3) is 0 Å². The lowest BCUT2D eigenvalue weighted by atomic mass is 9.74. The number of nitrogens with two attached hydrogens (primary N) is 1. The monoisotopic (exact) mass is 269 g/mol. The molecule has 1 unspecified atom stereocenters. The van der Waals surface area contributed by atoms with E-state index in [2.05, 4.69) is 31.1 Å². The normalized spacial score (nSPS) is 28.1. The molecule has 1 atom stereocenters. The maximum atomic E-state index is 5.85. The number of hydrogen-bond donors (Lipinski definition) is 2. The Balaban J connectivity index is 1.77. The largest absolute Gasteiger partial charge is 0.380 e. The van der Waals surface area contributed by atoms with E-state index < -0.39 is 0 Å². The quantitative estimate of drug-likeness (QED) is 0.753. The van der Waals surface area contributed by atoms with Gasteiger partial charge in [0.2, 0.25) is 0 Å². The van der Waals surface area contributed by atoms with Gasteiger partial charge in [-0.1, -0.05) is 13.8 Å². The third kappa shape index (κ3) is 3.69. The van der Waals surface area contributed by atoms with E-state index in [1.54, 1.807) is 0 Å². The molecule has 3 N–H and O–H groups in total. The Bertz CT molecular complexity index is 284. The Kier molecular flexibility index (Phi) is 4.88. The van der Waals surface area contributed by atoms with E-state index in [0.29, 0.717) is 5.41 Å². The van der Waals surface area contributed by atoms with Gasteiger partial charge >= 0.3 is 0 Å². The maximum absolute atomic E-state index is 5.85. The summed E-state index contributed by atoms with van der Waals surface area (Å²) in [6.45, 7) is 11.7. The molecule has 0 aromatic rings. The lowest BCUT2D eigenvalue weighted by molar-refractivity contribution is -0.105. The summed E-state index contributed by atoms with van der Waals surface area (Å²) in [5, 5.41) is 3.65. The number of piperidine rings is 1. The zero-order valence-corrected chi connectivity index (χ0v) is 12.9. The van der Waals surface area contributed by atoms with Gasteiger partial charge in [-0.3, -0.25) is 0 Å². The molecule has 0 aromatic heterocycles. The minimum atomic E-state index is 0.208. The molecular formula is C15H31N3O. The van der Waals surface area contributed by atoms with Crippen molar-refractivity contribution in [2.24, 2.45) is 22.5 Å². The standard InChI is InChI=1S/C15H31N3O/c1-14(2,13-5-4-6-18(3)7-13)9-17-10-15(8-16)11-19-12-15/h13,17H,4-12,16H2,1-3H3. The average Bonchev–Trinajstić information content (AvgIpc) is 2.32. The summed E-state index contributed by atoms with van der Waals surface area (Å²) in [7, 11) is 2.24. The average molecular weight is 269 g/mol. The first-order valence-electron chi connectivity index (χ1n) is 7.65. The Morgan fingerprint density at radius 3 is 2.68 bits per heavy atom.